The normalized spacial score (nSPS) is 29.5. The lowest BCUT2D eigenvalue weighted by atomic mass is 9.84. The lowest BCUT2D eigenvalue weighted by molar-refractivity contribution is -0.0233. The molecule has 1 aliphatic heterocycles. The Morgan fingerprint density at radius 1 is 1.40 bits per heavy atom. The van der Waals surface area contributed by atoms with Gasteiger partial charge in [0.1, 0.15) is 5.75 Å². The average molecular weight is 225 g/mol. The molecule has 0 saturated heterocycles. The van der Waals surface area contributed by atoms with E-state index in [9.17, 15) is 5.11 Å². The highest BCUT2D eigenvalue weighted by molar-refractivity contribution is 6.30. The first-order valence-electron chi connectivity index (χ1n) is 5.35. The van der Waals surface area contributed by atoms with E-state index in [4.69, 9.17) is 16.3 Å². The molecule has 0 amide bonds. The second-order valence-corrected chi connectivity index (χ2v) is 4.87. The Hall–Kier alpha value is -0.730. The van der Waals surface area contributed by atoms with Gasteiger partial charge in [0.2, 0.25) is 0 Å². The van der Waals surface area contributed by atoms with Crippen molar-refractivity contribution in [2.45, 2.75) is 24.9 Å². The quantitative estimate of drug-likeness (QED) is 0.795. The Kier molecular flexibility index (Phi) is 1.98. The fourth-order valence-electron chi connectivity index (χ4n) is 2.41. The molecule has 0 bridgehead atoms. The first-order valence-corrected chi connectivity index (χ1v) is 5.73. The maximum absolute atomic E-state index is 10.6. The fourth-order valence-corrected chi connectivity index (χ4v) is 2.57. The van der Waals surface area contributed by atoms with Crippen LogP contribution in [-0.2, 0) is 5.60 Å². The van der Waals surface area contributed by atoms with E-state index in [0.717, 1.165) is 24.2 Å². The van der Waals surface area contributed by atoms with Crippen LogP contribution < -0.4 is 4.74 Å². The fraction of sp³-hybridized carbons (Fsp3) is 0.500. The number of fused-ring (bicyclic) bond motifs is 1. The van der Waals surface area contributed by atoms with Crippen LogP contribution in [0.2, 0.25) is 5.02 Å². The molecular weight excluding hydrogens is 212 g/mol. The topological polar surface area (TPSA) is 29.5 Å². The zero-order valence-electron chi connectivity index (χ0n) is 8.37. The van der Waals surface area contributed by atoms with Gasteiger partial charge in [-0.3, -0.25) is 0 Å². The SMILES string of the molecule is OC1(C2CC2)CCOc2cc(Cl)ccc21. The molecule has 15 heavy (non-hydrogen) atoms. The third kappa shape index (κ3) is 1.44. The van der Waals surface area contributed by atoms with Gasteiger partial charge in [0.25, 0.3) is 0 Å². The zero-order chi connectivity index (χ0) is 10.5. The van der Waals surface area contributed by atoms with E-state index in [0.29, 0.717) is 24.0 Å². The molecule has 1 fully saturated rings. The third-order valence-corrected chi connectivity index (χ3v) is 3.64. The zero-order valence-corrected chi connectivity index (χ0v) is 9.13. The summed E-state index contributed by atoms with van der Waals surface area (Å²) in [6.07, 6.45) is 2.95. The van der Waals surface area contributed by atoms with Crippen LogP contribution in [0.15, 0.2) is 18.2 Å². The molecule has 0 spiro atoms. The van der Waals surface area contributed by atoms with Gasteiger partial charge >= 0.3 is 0 Å². The molecule has 1 heterocycles. The summed E-state index contributed by atoms with van der Waals surface area (Å²) >= 11 is 5.90. The Balaban J connectivity index is 2.09. The van der Waals surface area contributed by atoms with Gasteiger partial charge in [-0.25, -0.2) is 0 Å². The summed E-state index contributed by atoms with van der Waals surface area (Å²) in [4.78, 5) is 0. The molecule has 2 nitrogen and oxygen atoms in total. The monoisotopic (exact) mass is 224 g/mol. The predicted octanol–water partition coefficient (Wildman–Crippen LogP) is 2.72. The van der Waals surface area contributed by atoms with Crippen molar-refractivity contribution < 1.29 is 9.84 Å². The Labute approximate surface area is 93.8 Å². The van der Waals surface area contributed by atoms with Crippen molar-refractivity contribution in [2.75, 3.05) is 6.61 Å². The maximum atomic E-state index is 10.6. The summed E-state index contributed by atoms with van der Waals surface area (Å²) in [7, 11) is 0. The van der Waals surface area contributed by atoms with E-state index in [1.165, 1.54) is 0 Å². The molecule has 1 atom stereocenters. The molecule has 1 aliphatic carbocycles. The van der Waals surface area contributed by atoms with Gasteiger partial charge in [0.05, 0.1) is 12.2 Å². The van der Waals surface area contributed by atoms with Crippen LogP contribution >= 0.6 is 11.6 Å². The lowest BCUT2D eigenvalue weighted by Gasteiger charge is -2.34. The molecule has 2 aliphatic rings. The van der Waals surface area contributed by atoms with Crippen LogP contribution in [0.3, 0.4) is 0 Å². The summed E-state index contributed by atoms with van der Waals surface area (Å²) < 4.78 is 5.53. The van der Waals surface area contributed by atoms with Gasteiger partial charge < -0.3 is 9.84 Å². The first kappa shape index (κ1) is 9.49. The lowest BCUT2D eigenvalue weighted by Crippen LogP contribution is -2.34. The Morgan fingerprint density at radius 3 is 2.93 bits per heavy atom. The van der Waals surface area contributed by atoms with E-state index >= 15 is 0 Å². The van der Waals surface area contributed by atoms with Crippen LogP contribution in [0, 0.1) is 5.92 Å². The van der Waals surface area contributed by atoms with E-state index in [2.05, 4.69) is 0 Å². The number of aliphatic hydroxyl groups is 1. The minimum Gasteiger partial charge on any atom is -0.493 e. The van der Waals surface area contributed by atoms with Crippen LogP contribution in [0.5, 0.6) is 5.75 Å². The van der Waals surface area contributed by atoms with E-state index in [1.54, 1.807) is 6.07 Å². The molecule has 0 radical (unpaired) electrons. The summed E-state index contributed by atoms with van der Waals surface area (Å²) in [5.74, 6) is 1.17. The number of ether oxygens (including phenoxy) is 1. The van der Waals surface area contributed by atoms with Gasteiger partial charge in [0.15, 0.2) is 0 Å². The second kappa shape index (κ2) is 3.13. The van der Waals surface area contributed by atoms with Gasteiger partial charge in [-0.2, -0.15) is 0 Å². The predicted molar refractivity (Wildman–Crippen MR) is 58.2 cm³/mol. The number of hydrogen-bond donors (Lipinski definition) is 1. The van der Waals surface area contributed by atoms with Gasteiger partial charge in [-0.15, -0.1) is 0 Å². The molecule has 1 aromatic carbocycles. The van der Waals surface area contributed by atoms with Crippen molar-refractivity contribution in [3.8, 4) is 5.75 Å². The van der Waals surface area contributed by atoms with Crippen LogP contribution in [0.1, 0.15) is 24.8 Å². The number of benzene rings is 1. The molecular formula is C12H13ClO2. The highest BCUT2D eigenvalue weighted by Crippen LogP contribution is 2.52. The Bertz CT molecular complexity index is 401. The minimum atomic E-state index is -0.668. The van der Waals surface area contributed by atoms with E-state index in [-0.39, 0.29) is 0 Å². The van der Waals surface area contributed by atoms with Crippen molar-refractivity contribution >= 4 is 11.6 Å². The van der Waals surface area contributed by atoms with E-state index < -0.39 is 5.60 Å². The molecule has 3 rings (SSSR count). The molecule has 1 saturated carbocycles. The van der Waals surface area contributed by atoms with Crippen LogP contribution in [0.4, 0.5) is 0 Å². The number of rotatable bonds is 1. The number of halogens is 1. The van der Waals surface area contributed by atoms with Gasteiger partial charge in [-0.05, 0) is 30.9 Å². The summed E-state index contributed by atoms with van der Waals surface area (Å²) in [6, 6.07) is 5.51. The van der Waals surface area contributed by atoms with Gasteiger partial charge in [-0.1, -0.05) is 17.7 Å². The third-order valence-electron chi connectivity index (χ3n) is 3.40. The highest BCUT2D eigenvalue weighted by atomic mass is 35.5. The summed E-state index contributed by atoms with van der Waals surface area (Å²) in [6.45, 7) is 0.584. The van der Waals surface area contributed by atoms with Crippen molar-refractivity contribution in [3.63, 3.8) is 0 Å². The smallest absolute Gasteiger partial charge is 0.126 e. The minimum absolute atomic E-state index is 0.418. The standard InChI is InChI=1S/C12H13ClO2/c13-9-3-4-10-11(7-9)15-6-5-12(10,14)8-1-2-8/h3-4,7-8,14H,1-2,5-6H2. The molecule has 1 aromatic rings. The van der Waals surface area contributed by atoms with Crippen LogP contribution in [-0.4, -0.2) is 11.7 Å². The Morgan fingerprint density at radius 2 is 2.20 bits per heavy atom. The number of hydrogen-bond acceptors (Lipinski definition) is 2. The molecule has 0 aromatic heterocycles. The van der Waals surface area contributed by atoms with E-state index in [1.807, 2.05) is 12.1 Å². The first-order chi connectivity index (χ1) is 7.20. The van der Waals surface area contributed by atoms with Crippen molar-refractivity contribution in [3.05, 3.63) is 28.8 Å². The molecule has 1 N–H and O–H groups in total. The van der Waals surface area contributed by atoms with Crippen molar-refractivity contribution in [1.29, 1.82) is 0 Å². The summed E-state index contributed by atoms with van der Waals surface area (Å²) in [5, 5.41) is 11.3. The molecule has 3 heteroatoms. The highest BCUT2D eigenvalue weighted by Gasteiger charge is 2.47. The largest absolute Gasteiger partial charge is 0.493 e. The summed E-state index contributed by atoms with van der Waals surface area (Å²) in [5.41, 5.74) is 0.249. The second-order valence-electron chi connectivity index (χ2n) is 4.44. The van der Waals surface area contributed by atoms with Gasteiger partial charge in [0, 0.05) is 17.0 Å². The van der Waals surface area contributed by atoms with Crippen molar-refractivity contribution in [2.24, 2.45) is 5.92 Å². The molecule has 80 valence electrons. The molecule has 1 unspecified atom stereocenters. The van der Waals surface area contributed by atoms with Crippen molar-refractivity contribution in [1.82, 2.24) is 0 Å². The average Bonchev–Trinajstić information content (AvgIpc) is 3.00. The van der Waals surface area contributed by atoms with Crippen LogP contribution in [0.25, 0.3) is 0 Å². The maximum Gasteiger partial charge on any atom is 0.126 e.